The molecule has 1 heterocycles. The van der Waals surface area contributed by atoms with Gasteiger partial charge in [0.1, 0.15) is 5.82 Å². The standard InChI is InChI=1S/C13H16N2O3/c16-12(9-5-2-1-3-6-9)15-11-8-4-7-10(14-11)13(17)18/h4,7-9H,1-3,5-6H2,(H,17,18)(H,14,15,16). The highest BCUT2D eigenvalue weighted by atomic mass is 16.4. The molecule has 1 aromatic rings. The summed E-state index contributed by atoms with van der Waals surface area (Å²) in [5, 5.41) is 11.5. The first-order valence-electron chi connectivity index (χ1n) is 6.18. The van der Waals surface area contributed by atoms with Crippen LogP contribution in [0.2, 0.25) is 0 Å². The van der Waals surface area contributed by atoms with Crippen molar-refractivity contribution in [3.05, 3.63) is 23.9 Å². The van der Waals surface area contributed by atoms with E-state index < -0.39 is 5.97 Å². The van der Waals surface area contributed by atoms with Crippen molar-refractivity contribution in [2.45, 2.75) is 32.1 Å². The molecule has 1 amide bonds. The van der Waals surface area contributed by atoms with Gasteiger partial charge in [-0.15, -0.1) is 0 Å². The molecule has 1 aliphatic carbocycles. The first-order valence-corrected chi connectivity index (χ1v) is 6.18. The van der Waals surface area contributed by atoms with Crippen molar-refractivity contribution in [3.8, 4) is 0 Å². The van der Waals surface area contributed by atoms with Crippen LogP contribution in [-0.2, 0) is 4.79 Å². The minimum absolute atomic E-state index is 0.0361. The SMILES string of the molecule is O=C(O)c1cccc(NC(=O)C2CCCCC2)n1. The van der Waals surface area contributed by atoms with Gasteiger partial charge in [-0.25, -0.2) is 9.78 Å². The number of hydrogen-bond acceptors (Lipinski definition) is 3. The predicted molar refractivity (Wildman–Crippen MR) is 66.4 cm³/mol. The topological polar surface area (TPSA) is 79.3 Å². The Hall–Kier alpha value is -1.91. The Morgan fingerprint density at radius 2 is 1.94 bits per heavy atom. The van der Waals surface area contributed by atoms with E-state index >= 15 is 0 Å². The van der Waals surface area contributed by atoms with E-state index in [0.29, 0.717) is 5.82 Å². The normalized spacial score (nSPS) is 16.2. The number of carboxylic acid groups (broad SMARTS) is 1. The Morgan fingerprint density at radius 1 is 1.22 bits per heavy atom. The molecule has 0 atom stereocenters. The number of pyridine rings is 1. The van der Waals surface area contributed by atoms with E-state index in [9.17, 15) is 9.59 Å². The summed E-state index contributed by atoms with van der Waals surface area (Å²) in [5.41, 5.74) is -0.0588. The Morgan fingerprint density at radius 3 is 2.61 bits per heavy atom. The maximum absolute atomic E-state index is 12.0. The summed E-state index contributed by atoms with van der Waals surface area (Å²) in [6.07, 6.45) is 5.17. The van der Waals surface area contributed by atoms with Crippen LogP contribution in [0.3, 0.4) is 0 Å². The van der Waals surface area contributed by atoms with Crippen molar-refractivity contribution >= 4 is 17.7 Å². The quantitative estimate of drug-likeness (QED) is 0.860. The molecule has 0 radical (unpaired) electrons. The average Bonchev–Trinajstić information content (AvgIpc) is 2.40. The molecule has 1 fully saturated rings. The fourth-order valence-corrected chi connectivity index (χ4v) is 2.22. The molecule has 0 unspecified atom stereocenters. The highest BCUT2D eigenvalue weighted by molar-refractivity contribution is 5.92. The maximum Gasteiger partial charge on any atom is 0.354 e. The summed E-state index contributed by atoms with van der Waals surface area (Å²) in [6.45, 7) is 0. The summed E-state index contributed by atoms with van der Waals surface area (Å²) in [5.74, 6) is -0.798. The number of aromatic carboxylic acids is 1. The van der Waals surface area contributed by atoms with E-state index in [1.54, 1.807) is 12.1 Å². The molecule has 0 saturated heterocycles. The van der Waals surface area contributed by atoms with Crippen LogP contribution >= 0.6 is 0 Å². The molecule has 1 aliphatic rings. The molecule has 1 saturated carbocycles. The Bertz CT molecular complexity index is 453. The van der Waals surface area contributed by atoms with Gasteiger partial charge in [0.25, 0.3) is 0 Å². The molecular weight excluding hydrogens is 232 g/mol. The number of rotatable bonds is 3. The van der Waals surface area contributed by atoms with Crippen LogP contribution in [0.5, 0.6) is 0 Å². The van der Waals surface area contributed by atoms with Gasteiger partial charge >= 0.3 is 5.97 Å². The van der Waals surface area contributed by atoms with Crippen molar-refractivity contribution in [3.63, 3.8) is 0 Å². The van der Waals surface area contributed by atoms with Crippen molar-refractivity contribution in [2.75, 3.05) is 5.32 Å². The molecule has 18 heavy (non-hydrogen) atoms. The zero-order chi connectivity index (χ0) is 13.0. The Kier molecular flexibility index (Phi) is 3.92. The van der Waals surface area contributed by atoms with E-state index in [-0.39, 0.29) is 17.5 Å². The monoisotopic (exact) mass is 248 g/mol. The smallest absolute Gasteiger partial charge is 0.354 e. The highest BCUT2D eigenvalue weighted by Gasteiger charge is 2.21. The Balaban J connectivity index is 2.02. The minimum Gasteiger partial charge on any atom is -0.477 e. The number of hydrogen-bond donors (Lipinski definition) is 2. The lowest BCUT2D eigenvalue weighted by Crippen LogP contribution is -2.25. The summed E-state index contributed by atoms with van der Waals surface area (Å²) < 4.78 is 0. The third-order valence-corrected chi connectivity index (χ3v) is 3.20. The third kappa shape index (κ3) is 3.06. The van der Waals surface area contributed by atoms with Crippen molar-refractivity contribution in [1.82, 2.24) is 4.98 Å². The second-order valence-corrected chi connectivity index (χ2v) is 4.54. The fourth-order valence-electron chi connectivity index (χ4n) is 2.22. The Labute approximate surface area is 105 Å². The second-order valence-electron chi connectivity index (χ2n) is 4.54. The molecule has 5 heteroatoms. The van der Waals surface area contributed by atoms with Crippen LogP contribution in [0.1, 0.15) is 42.6 Å². The van der Waals surface area contributed by atoms with E-state index in [4.69, 9.17) is 5.11 Å². The number of aromatic nitrogens is 1. The fraction of sp³-hybridized carbons (Fsp3) is 0.462. The average molecular weight is 248 g/mol. The van der Waals surface area contributed by atoms with Gasteiger partial charge in [0.15, 0.2) is 5.69 Å². The lowest BCUT2D eigenvalue weighted by atomic mass is 9.89. The summed E-state index contributed by atoms with van der Waals surface area (Å²) >= 11 is 0. The van der Waals surface area contributed by atoms with Gasteiger partial charge in [0.05, 0.1) is 0 Å². The molecule has 0 aromatic carbocycles. The van der Waals surface area contributed by atoms with Crippen LogP contribution in [0.15, 0.2) is 18.2 Å². The highest BCUT2D eigenvalue weighted by Crippen LogP contribution is 2.24. The number of nitrogens with zero attached hydrogens (tertiary/aromatic N) is 1. The van der Waals surface area contributed by atoms with Gasteiger partial charge in [0, 0.05) is 5.92 Å². The van der Waals surface area contributed by atoms with Gasteiger partial charge in [0.2, 0.25) is 5.91 Å². The van der Waals surface area contributed by atoms with E-state index in [1.807, 2.05) is 0 Å². The lowest BCUT2D eigenvalue weighted by Gasteiger charge is -2.20. The predicted octanol–water partition coefficient (Wildman–Crippen LogP) is 2.30. The zero-order valence-corrected chi connectivity index (χ0v) is 10.1. The number of nitrogens with one attached hydrogen (secondary N) is 1. The lowest BCUT2D eigenvalue weighted by molar-refractivity contribution is -0.120. The molecule has 2 rings (SSSR count). The van der Waals surface area contributed by atoms with Gasteiger partial charge in [-0.3, -0.25) is 4.79 Å². The molecule has 2 N–H and O–H groups in total. The number of anilines is 1. The van der Waals surface area contributed by atoms with E-state index in [2.05, 4.69) is 10.3 Å². The van der Waals surface area contributed by atoms with E-state index in [0.717, 1.165) is 25.7 Å². The van der Waals surface area contributed by atoms with Crippen LogP contribution in [0, 0.1) is 5.92 Å². The number of carboxylic acids is 1. The summed E-state index contributed by atoms with van der Waals surface area (Å²) in [4.78, 5) is 26.6. The molecule has 0 bridgehead atoms. The van der Waals surface area contributed by atoms with Crippen molar-refractivity contribution < 1.29 is 14.7 Å². The van der Waals surface area contributed by atoms with Crippen molar-refractivity contribution in [1.29, 1.82) is 0 Å². The van der Waals surface area contributed by atoms with Gasteiger partial charge < -0.3 is 10.4 Å². The molecule has 5 nitrogen and oxygen atoms in total. The van der Waals surface area contributed by atoms with E-state index in [1.165, 1.54) is 12.5 Å². The third-order valence-electron chi connectivity index (χ3n) is 3.20. The van der Waals surface area contributed by atoms with Crippen molar-refractivity contribution in [2.24, 2.45) is 5.92 Å². The van der Waals surface area contributed by atoms with Crippen LogP contribution in [0.25, 0.3) is 0 Å². The second kappa shape index (κ2) is 5.62. The number of amides is 1. The first-order chi connectivity index (χ1) is 8.66. The maximum atomic E-state index is 12.0. The zero-order valence-electron chi connectivity index (χ0n) is 10.1. The number of carbonyl (C=O) groups excluding carboxylic acids is 1. The summed E-state index contributed by atoms with van der Waals surface area (Å²) in [6, 6.07) is 4.58. The first kappa shape index (κ1) is 12.5. The van der Waals surface area contributed by atoms with Crippen LogP contribution in [0.4, 0.5) is 5.82 Å². The van der Waals surface area contributed by atoms with Crippen LogP contribution in [-0.4, -0.2) is 22.0 Å². The summed E-state index contributed by atoms with van der Waals surface area (Å²) in [7, 11) is 0. The molecule has 0 aliphatic heterocycles. The number of carbonyl (C=O) groups is 2. The van der Waals surface area contributed by atoms with Crippen LogP contribution < -0.4 is 5.32 Å². The molecule has 0 spiro atoms. The van der Waals surface area contributed by atoms with Gasteiger partial charge in [-0.2, -0.15) is 0 Å². The molecule has 96 valence electrons. The largest absolute Gasteiger partial charge is 0.477 e. The molecule has 1 aromatic heterocycles. The van der Waals surface area contributed by atoms with Gasteiger partial charge in [-0.05, 0) is 25.0 Å². The van der Waals surface area contributed by atoms with Gasteiger partial charge in [-0.1, -0.05) is 25.3 Å². The molecular formula is C13H16N2O3. The minimum atomic E-state index is -1.09.